The molecule has 2 amide bonds. The van der Waals surface area contributed by atoms with Gasteiger partial charge in [0.25, 0.3) is 10.0 Å². The van der Waals surface area contributed by atoms with Crippen molar-refractivity contribution in [1.29, 1.82) is 0 Å². The minimum absolute atomic E-state index is 0.0260. The van der Waals surface area contributed by atoms with E-state index in [9.17, 15) is 18.0 Å². The van der Waals surface area contributed by atoms with Gasteiger partial charge < -0.3 is 29.2 Å². The number of benzene rings is 4. The molecule has 0 aliphatic carbocycles. The van der Waals surface area contributed by atoms with Crippen LogP contribution in [0.3, 0.4) is 0 Å². The van der Waals surface area contributed by atoms with Gasteiger partial charge in [-0.1, -0.05) is 66.5 Å². The van der Waals surface area contributed by atoms with Gasteiger partial charge in [0.15, 0.2) is 11.5 Å². The average molecular weight is 773 g/mol. The maximum Gasteiger partial charge on any atom is 0.265 e. The van der Waals surface area contributed by atoms with Crippen molar-refractivity contribution in [2.45, 2.75) is 50.2 Å². The van der Waals surface area contributed by atoms with Crippen molar-refractivity contribution in [3.05, 3.63) is 106 Å². The summed E-state index contributed by atoms with van der Waals surface area (Å²) >= 11 is 12.8. The normalized spacial score (nSPS) is 12.3. The van der Waals surface area contributed by atoms with Gasteiger partial charge in [-0.25, -0.2) is 8.42 Å². The van der Waals surface area contributed by atoms with Crippen LogP contribution in [-0.4, -0.2) is 72.2 Å². The van der Waals surface area contributed by atoms with Crippen LogP contribution in [0.5, 0.6) is 23.0 Å². The van der Waals surface area contributed by atoms with Crippen LogP contribution in [-0.2, 0) is 32.6 Å². The van der Waals surface area contributed by atoms with Crippen molar-refractivity contribution in [2.24, 2.45) is 0 Å². The van der Waals surface area contributed by atoms with E-state index < -0.39 is 34.4 Å². The predicted molar refractivity (Wildman–Crippen MR) is 202 cm³/mol. The SMILES string of the molecule is CC[C@H](C)NC(=O)[C@@H](Cc1ccccc1)N(Cc1ccc(Cl)cc1Cl)C(=O)CN(c1cc(OC)ccc1OC)S(=O)(=O)c1ccc(OC)c(OC)c1. The van der Waals surface area contributed by atoms with Gasteiger partial charge in [0.05, 0.1) is 39.0 Å². The lowest BCUT2D eigenvalue weighted by Gasteiger charge is -2.34. The summed E-state index contributed by atoms with van der Waals surface area (Å²) in [6, 6.07) is 21.5. The summed E-state index contributed by atoms with van der Waals surface area (Å²) in [5.41, 5.74) is 1.32. The molecule has 0 saturated heterocycles. The van der Waals surface area contributed by atoms with Gasteiger partial charge in [-0.3, -0.25) is 13.9 Å². The van der Waals surface area contributed by atoms with E-state index in [1.54, 1.807) is 30.3 Å². The number of nitrogens with zero attached hydrogens (tertiary/aromatic N) is 2. The third kappa shape index (κ3) is 9.61. The first-order chi connectivity index (χ1) is 24.9. The van der Waals surface area contributed by atoms with Gasteiger partial charge in [0, 0.05) is 41.2 Å². The molecule has 0 heterocycles. The number of sulfonamides is 1. The van der Waals surface area contributed by atoms with E-state index in [-0.39, 0.29) is 46.1 Å². The third-order valence-electron chi connectivity index (χ3n) is 8.50. The van der Waals surface area contributed by atoms with Gasteiger partial charge >= 0.3 is 0 Å². The molecule has 1 N–H and O–H groups in total. The number of carbonyl (C=O) groups excluding carboxylic acids is 2. The van der Waals surface area contributed by atoms with Crippen LogP contribution in [0.1, 0.15) is 31.4 Å². The number of hydrogen-bond donors (Lipinski definition) is 1. The molecular weight excluding hydrogens is 729 g/mol. The van der Waals surface area contributed by atoms with Crippen LogP contribution >= 0.6 is 23.2 Å². The number of anilines is 1. The topological polar surface area (TPSA) is 124 Å². The summed E-state index contributed by atoms with van der Waals surface area (Å²) < 4.78 is 52.1. The number of carbonyl (C=O) groups is 2. The maximum absolute atomic E-state index is 14.9. The van der Waals surface area contributed by atoms with Crippen molar-refractivity contribution < 1.29 is 37.0 Å². The van der Waals surface area contributed by atoms with E-state index in [0.29, 0.717) is 28.5 Å². The summed E-state index contributed by atoms with van der Waals surface area (Å²) in [4.78, 5) is 30.2. The van der Waals surface area contributed by atoms with E-state index in [2.05, 4.69) is 5.32 Å². The van der Waals surface area contributed by atoms with Crippen molar-refractivity contribution >= 4 is 50.7 Å². The van der Waals surface area contributed by atoms with E-state index in [4.69, 9.17) is 42.1 Å². The van der Waals surface area contributed by atoms with Crippen LogP contribution < -0.4 is 28.6 Å². The Morgan fingerprint density at radius 1 is 0.808 bits per heavy atom. The molecule has 0 aliphatic rings. The van der Waals surface area contributed by atoms with E-state index in [1.165, 1.54) is 57.6 Å². The molecule has 4 rings (SSSR count). The monoisotopic (exact) mass is 771 g/mol. The van der Waals surface area contributed by atoms with Crippen LogP contribution in [0.15, 0.2) is 89.8 Å². The molecule has 0 spiro atoms. The Kier molecular flexibility index (Phi) is 14.1. The Hall–Kier alpha value is -4.65. The second-order valence-corrected chi connectivity index (χ2v) is 14.6. The Balaban J connectivity index is 1.92. The van der Waals surface area contributed by atoms with Crippen LogP contribution in [0, 0.1) is 0 Å². The summed E-state index contributed by atoms with van der Waals surface area (Å²) in [5, 5.41) is 3.67. The number of ether oxygens (including phenoxy) is 4. The van der Waals surface area contributed by atoms with Gasteiger partial charge in [-0.2, -0.15) is 0 Å². The first-order valence-corrected chi connectivity index (χ1v) is 18.6. The Morgan fingerprint density at radius 2 is 1.48 bits per heavy atom. The fraction of sp³-hybridized carbons (Fsp3) is 0.316. The van der Waals surface area contributed by atoms with Gasteiger partial charge in [-0.05, 0) is 60.9 Å². The van der Waals surface area contributed by atoms with Gasteiger partial charge in [0.2, 0.25) is 11.8 Å². The molecule has 4 aromatic carbocycles. The molecule has 52 heavy (non-hydrogen) atoms. The van der Waals surface area contributed by atoms with E-state index in [1.807, 2.05) is 44.2 Å². The molecule has 278 valence electrons. The Morgan fingerprint density at radius 3 is 2.10 bits per heavy atom. The second-order valence-electron chi connectivity index (χ2n) is 11.8. The Labute approximate surface area is 315 Å². The summed E-state index contributed by atoms with van der Waals surface area (Å²) in [7, 11) is 1.10. The van der Waals surface area contributed by atoms with Gasteiger partial charge in [-0.15, -0.1) is 0 Å². The van der Waals surface area contributed by atoms with Crippen LogP contribution in [0.2, 0.25) is 10.0 Å². The highest BCUT2D eigenvalue weighted by Gasteiger charge is 2.36. The van der Waals surface area contributed by atoms with E-state index in [0.717, 1.165) is 9.87 Å². The zero-order chi connectivity index (χ0) is 38.0. The standard InChI is InChI=1S/C38H43Cl2N3O8S/c1-7-25(2)41-38(45)33(19-26-11-9-8-10-12-26)42(23-27-13-14-28(39)20-31(27)40)37(44)24-43(32-21-29(48-3)15-17-34(32)49-4)52(46,47)30-16-18-35(50-5)36(22-30)51-6/h8-18,20-22,25,33H,7,19,23-24H2,1-6H3,(H,41,45)/t25-,33+/m0/s1. The number of methoxy groups -OCH3 is 4. The fourth-order valence-corrected chi connectivity index (χ4v) is 7.34. The average Bonchev–Trinajstić information content (AvgIpc) is 3.15. The molecule has 0 aliphatic heterocycles. The smallest absolute Gasteiger partial charge is 0.265 e. The molecule has 4 aromatic rings. The zero-order valence-electron chi connectivity index (χ0n) is 29.9. The summed E-state index contributed by atoms with van der Waals surface area (Å²) in [6.45, 7) is 2.92. The quantitative estimate of drug-likeness (QED) is 0.125. The number of nitrogens with one attached hydrogen (secondary N) is 1. The number of rotatable bonds is 17. The molecule has 14 heteroatoms. The molecule has 0 unspecified atom stereocenters. The highest BCUT2D eigenvalue weighted by atomic mass is 35.5. The molecule has 2 atom stereocenters. The largest absolute Gasteiger partial charge is 0.497 e. The molecule has 0 fully saturated rings. The fourth-order valence-electron chi connectivity index (χ4n) is 5.44. The molecule has 0 saturated carbocycles. The molecule has 11 nitrogen and oxygen atoms in total. The summed E-state index contributed by atoms with van der Waals surface area (Å²) in [6.07, 6.45) is 0.776. The minimum atomic E-state index is -4.54. The van der Waals surface area contributed by atoms with Crippen molar-refractivity contribution in [3.63, 3.8) is 0 Å². The minimum Gasteiger partial charge on any atom is -0.497 e. The number of amides is 2. The predicted octanol–water partition coefficient (Wildman–Crippen LogP) is 6.78. The van der Waals surface area contributed by atoms with Crippen LogP contribution in [0.25, 0.3) is 0 Å². The van der Waals surface area contributed by atoms with E-state index >= 15 is 0 Å². The molecule has 0 radical (unpaired) electrons. The first kappa shape index (κ1) is 40.1. The molecule has 0 bridgehead atoms. The highest BCUT2D eigenvalue weighted by Crippen LogP contribution is 2.38. The second kappa shape index (κ2) is 18.2. The lowest BCUT2D eigenvalue weighted by atomic mass is 10.0. The Bertz CT molecular complexity index is 1960. The van der Waals surface area contributed by atoms with Crippen molar-refractivity contribution in [1.82, 2.24) is 10.2 Å². The molecule has 0 aromatic heterocycles. The lowest BCUT2D eigenvalue weighted by Crippen LogP contribution is -2.54. The summed E-state index contributed by atoms with van der Waals surface area (Å²) in [5.74, 6) is -0.165. The van der Waals surface area contributed by atoms with Crippen molar-refractivity contribution in [2.75, 3.05) is 39.3 Å². The highest BCUT2D eigenvalue weighted by molar-refractivity contribution is 7.92. The first-order valence-electron chi connectivity index (χ1n) is 16.4. The maximum atomic E-state index is 14.9. The van der Waals surface area contributed by atoms with Crippen LogP contribution in [0.4, 0.5) is 5.69 Å². The lowest BCUT2D eigenvalue weighted by molar-refractivity contribution is -0.140. The number of halogens is 2. The third-order valence-corrected chi connectivity index (χ3v) is 10.8. The molecular formula is C38H43Cl2N3O8S. The van der Waals surface area contributed by atoms with Crippen molar-refractivity contribution in [3.8, 4) is 23.0 Å². The van der Waals surface area contributed by atoms with Gasteiger partial charge in [0.1, 0.15) is 24.1 Å². The number of hydrogen-bond acceptors (Lipinski definition) is 8. The zero-order valence-corrected chi connectivity index (χ0v) is 32.2.